The molecule has 0 unspecified atom stereocenters. The summed E-state index contributed by atoms with van der Waals surface area (Å²) in [7, 11) is 0. The third kappa shape index (κ3) is 7.02. The molecule has 14 heteroatoms. The monoisotopic (exact) mass is 660 g/mol. The average Bonchev–Trinajstić information content (AvgIpc) is 2.99. The molecule has 2 N–H and O–H groups in total. The number of carbonyl (C=O) groups is 2. The van der Waals surface area contributed by atoms with Crippen molar-refractivity contribution >= 4 is 28.5 Å². The molecule has 2 aromatic carbocycles. The number of aryl methyl sites for hydroxylation is 2. The van der Waals surface area contributed by atoms with Crippen LogP contribution in [0.15, 0.2) is 54.9 Å². The first kappa shape index (κ1) is 33.6. The van der Waals surface area contributed by atoms with Crippen LogP contribution in [0.25, 0.3) is 22.2 Å². The first-order chi connectivity index (χ1) is 22.1. The van der Waals surface area contributed by atoms with E-state index in [9.17, 15) is 36.6 Å². The summed E-state index contributed by atoms with van der Waals surface area (Å²) in [5.74, 6) is -6.86. The van der Waals surface area contributed by atoms with Gasteiger partial charge < -0.3 is 20.1 Å². The van der Waals surface area contributed by atoms with E-state index in [1.54, 1.807) is 19.1 Å². The number of carboxylic acids is 1. The number of anilines is 1. The second-order valence-corrected chi connectivity index (χ2v) is 11.5. The smallest absolute Gasteiger partial charge is 0.411 e. The number of nitrogens with one attached hydrogen (secondary N) is 1. The fraction of sp³-hybridized carbons (Fsp3) is 0.333. The summed E-state index contributed by atoms with van der Waals surface area (Å²) in [5.41, 5.74) is 0.602. The van der Waals surface area contributed by atoms with E-state index in [0.29, 0.717) is 22.1 Å². The second kappa shape index (κ2) is 12.8. The Kier molecular flexibility index (Phi) is 9.18. The maximum atomic E-state index is 15.4. The highest BCUT2D eigenvalue weighted by molar-refractivity contribution is 5.99. The highest BCUT2D eigenvalue weighted by Gasteiger charge is 2.45. The Morgan fingerprint density at radius 1 is 1.11 bits per heavy atom. The Morgan fingerprint density at radius 3 is 2.51 bits per heavy atom. The third-order valence-electron chi connectivity index (χ3n) is 7.98. The SMILES string of the molecule is Cc1cnc(-c2ccc(C[C@H](NC(=O)c3c(C)cc(N4CCOC[C@@H]4C(F)(F)F)cc3F)C(=O)O)c3cccnc23)c(C(C)(F)F)c1. The molecule has 0 aliphatic carbocycles. The van der Waals surface area contributed by atoms with E-state index >= 15 is 4.39 Å². The van der Waals surface area contributed by atoms with E-state index in [-0.39, 0.29) is 47.6 Å². The van der Waals surface area contributed by atoms with Gasteiger partial charge >= 0.3 is 12.1 Å². The highest BCUT2D eigenvalue weighted by atomic mass is 19.4. The molecule has 0 radical (unpaired) electrons. The molecule has 8 nitrogen and oxygen atoms in total. The van der Waals surface area contributed by atoms with Gasteiger partial charge in [-0.1, -0.05) is 18.2 Å². The molecule has 1 aliphatic heterocycles. The number of alkyl halides is 5. The zero-order valence-electron chi connectivity index (χ0n) is 25.5. The molecule has 4 aromatic rings. The van der Waals surface area contributed by atoms with E-state index in [1.165, 1.54) is 43.6 Å². The van der Waals surface area contributed by atoms with Crippen LogP contribution in [-0.2, 0) is 21.9 Å². The number of benzene rings is 2. The van der Waals surface area contributed by atoms with Crippen molar-refractivity contribution < 1.29 is 45.8 Å². The lowest BCUT2D eigenvalue weighted by molar-refractivity contribution is -0.167. The molecule has 0 spiro atoms. The van der Waals surface area contributed by atoms with Crippen LogP contribution in [0.5, 0.6) is 0 Å². The summed E-state index contributed by atoms with van der Waals surface area (Å²) in [6.45, 7) is 2.95. The lowest BCUT2D eigenvalue weighted by atomic mass is 9.94. The van der Waals surface area contributed by atoms with Crippen LogP contribution in [0, 0.1) is 19.7 Å². The number of carbonyl (C=O) groups excluding carboxylic acids is 1. The number of hydrogen-bond acceptors (Lipinski definition) is 6. The Labute approximate surface area is 265 Å². The molecule has 248 valence electrons. The van der Waals surface area contributed by atoms with Gasteiger partial charge in [0.1, 0.15) is 17.9 Å². The van der Waals surface area contributed by atoms with E-state index in [4.69, 9.17) is 4.74 Å². The predicted molar refractivity (Wildman–Crippen MR) is 161 cm³/mol. The van der Waals surface area contributed by atoms with E-state index < -0.39 is 54.0 Å². The van der Waals surface area contributed by atoms with Crippen molar-refractivity contribution in [3.63, 3.8) is 0 Å². The fourth-order valence-corrected chi connectivity index (χ4v) is 5.73. The zero-order valence-corrected chi connectivity index (χ0v) is 25.5. The van der Waals surface area contributed by atoms with Crippen LogP contribution in [0.1, 0.15) is 39.5 Å². The molecule has 2 atom stereocenters. The van der Waals surface area contributed by atoms with Crippen LogP contribution in [0.2, 0.25) is 0 Å². The highest BCUT2D eigenvalue weighted by Crippen LogP contribution is 2.38. The average molecular weight is 661 g/mol. The van der Waals surface area contributed by atoms with Gasteiger partial charge in [0.15, 0.2) is 0 Å². The van der Waals surface area contributed by atoms with Crippen molar-refractivity contribution in [2.75, 3.05) is 24.7 Å². The van der Waals surface area contributed by atoms with Crippen molar-refractivity contribution in [1.82, 2.24) is 15.3 Å². The van der Waals surface area contributed by atoms with Gasteiger partial charge in [0, 0.05) is 54.5 Å². The molecule has 0 saturated carbocycles. The molecule has 1 aliphatic rings. The number of carboxylic acid groups (broad SMARTS) is 1. The van der Waals surface area contributed by atoms with Crippen LogP contribution >= 0.6 is 0 Å². The number of nitrogens with zero attached hydrogens (tertiary/aromatic N) is 3. The number of morpholine rings is 1. The number of fused-ring (bicyclic) bond motifs is 1. The summed E-state index contributed by atoms with van der Waals surface area (Å²) in [6, 6.07) is 6.05. The second-order valence-electron chi connectivity index (χ2n) is 11.5. The topological polar surface area (TPSA) is 105 Å². The molecule has 2 aromatic heterocycles. The minimum atomic E-state index is -4.65. The van der Waals surface area contributed by atoms with Gasteiger partial charge in [-0.3, -0.25) is 14.8 Å². The van der Waals surface area contributed by atoms with Crippen molar-refractivity contribution in [2.45, 2.75) is 51.4 Å². The van der Waals surface area contributed by atoms with Crippen LogP contribution in [0.4, 0.5) is 32.0 Å². The summed E-state index contributed by atoms with van der Waals surface area (Å²) in [6.07, 6.45) is -2.03. The predicted octanol–water partition coefficient (Wildman–Crippen LogP) is 6.36. The van der Waals surface area contributed by atoms with E-state index in [1.807, 2.05) is 0 Å². The van der Waals surface area contributed by atoms with Crippen LogP contribution in [-0.4, -0.2) is 65.0 Å². The van der Waals surface area contributed by atoms with Gasteiger partial charge in [0.2, 0.25) is 0 Å². The number of pyridine rings is 2. The largest absolute Gasteiger partial charge is 0.480 e. The Morgan fingerprint density at radius 2 is 1.85 bits per heavy atom. The quantitative estimate of drug-likeness (QED) is 0.212. The zero-order chi connectivity index (χ0) is 34.3. The Bertz CT molecular complexity index is 1820. The minimum Gasteiger partial charge on any atom is -0.480 e. The van der Waals surface area contributed by atoms with Gasteiger partial charge in [-0.25, -0.2) is 18.0 Å². The number of aromatic nitrogens is 2. The first-order valence-corrected chi connectivity index (χ1v) is 14.5. The lowest BCUT2D eigenvalue weighted by Crippen LogP contribution is -2.53. The number of aliphatic carboxylic acids is 1. The summed E-state index contributed by atoms with van der Waals surface area (Å²) < 4.78 is 90.3. The van der Waals surface area contributed by atoms with Crippen LogP contribution in [0.3, 0.4) is 0 Å². The van der Waals surface area contributed by atoms with E-state index in [2.05, 4.69) is 15.3 Å². The maximum absolute atomic E-state index is 15.4. The number of halogens is 6. The minimum absolute atomic E-state index is 0.00202. The fourth-order valence-electron chi connectivity index (χ4n) is 5.73. The summed E-state index contributed by atoms with van der Waals surface area (Å²) in [4.78, 5) is 35.1. The molecule has 47 heavy (non-hydrogen) atoms. The number of hydrogen-bond donors (Lipinski definition) is 2. The molecular formula is C33H30F6N4O4. The van der Waals surface area contributed by atoms with Gasteiger partial charge in [-0.2, -0.15) is 13.2 Å². The van der Waals surface area contributed by atoms with E-state index in [0.717, 1.165) is 17.9 Å². The maximum Gasteiger partial charge on any atom is 0.411 e. The standard InChI is InChI=1S/C33H30F6N4O4/c1-17-11-23(32(3,35)36)29(41-15-17)22-7-6-19(21-5-4-8-40-28(21)22)13-25(31(45)46)42-30(44)27-18(2)12-20(14-24(27)34)43-9-10-47-16-26(43)33(37,38)39/h4-8,11-12,14-15,25-26H,9-10,13,16H2,1-3H3,(H,42,44)(H,45,46)/t25-,26+/m0/s1. The number of amides is 1. The lowest BCUT2D eigenvalue weighted by Gasteiger charge is -2.38. The number of rotatable bonds is 8. The molecule has 0 bridgehead atoms. The van der Waals surface area contributed by atoms with Crippen molar-refractivity contribution in [3.05, 3.63) is 88.5 Å². The molecule has 3 heterocycles. The molecule has 1 fully saturated rings. The van der Waals surface area contributed by atoms with Gasteiger partial charge in [-0.05, 0) is 54.8 Å². The third-order valence-corrected chi connectivity index (χ3v) is 7.98. The molecule has 1 saturated heterocycles. The van der Waals surface area contributed by atoms with Crippen molar-refractivity contribution in [2.24, 2.45) is 0 Å². The first-order valence-electron chi connectivity index (χ1n) is 14.5. The molecular weight excluding hydrogens is 630 g/mol. The summed E-state index contributed by atoms with van der Waals surface area (Å²) in [5, 5.41) is 12.7. The number of ether oxygens (including phenoxy) is 1. The molecule has 5 rings (SSSR count). The normalized spacial score (nSPS) is 16.3. The van der Waals surface area contributed by atoms with Gasteiger partial charge in [-0.15, -0.1) is 0 Å². The Hall–Kier alpha value is -4.72. The van der Waals surface area contributed by atoms with Crippen LogP contribution < -0.4 is 10.2 Å². The Balaban J connectivity index is 1.45. The van der Waals surface area contributed by atoms with Gasteiger partial charge in [0.05, 0.1) is 30.0 Å². The van der Waals surface area contributed by atoms with Crippen molar-refractivity contribution in [3.8, 4) is 11.3 Å². The summed E-state index contributed by atoms with van der Waals surface area (Å²) >= 11 is 0. The molecule has 1 amide bonds. The van der Waals surface area contributed by atoms with Gasteiger partial charge in [0.25, 0.3) is 11.8 Å². The van der Waals surface area contributed by atoms with Crippen molar-refractivity contribution in [1.29, 1.82) is 0 Å².